The standard InChI is InChI=1S/C10H14N2O4S2/c1-6-7(9(13)14)8(17-12-6)11-10(2)3-4-18(15,16)5-10/h11H,3-5H2,1-2H3,(H,13,14). The second kappa shape index (κ2) is 4.20. The Morgan fingerprint density at radius 3 is 2.72 bits per heavy atom. The largest absolute Gasteiger partial charge is 0.478 e. The van der Waals surface area contributed by atoms with E-state index in [0.29, 0.717) is 17.1 Å². The fourth-order valence-corrected chi connectivity index (χ4v) is 5.12. The molecule has 0 amide bonds. The number of nitrogens with one attached hydrogen (secondary N) is 1. The van der Waals surface area contributed by atoms with Crippen molar-refractivity contribution in [2.75, 3.05) is 16.8 Å². The van der Waals surface area contributed by atoms with Gasteiger partial charge in [0.15, 0.2) is 9.84 Å². The van der Waals surface area contributed by atoms with E-state index in [9.17, 15) is 13.2 Å². The predicted octanol–water partition coefficient (Wildman–Crippen LogP) is 1.14. The zero-order valence-electron chi connectivity index (χ0n) is 10.1. The molecule has 0 aromatic carbocycles. The van der Waals surface area contributed by atoms with Crippen molar-refractivity contribution >= 4 is 32.3 Å². The summed E-state index contributed by atoms with van der Waals surface area (Å²) in [6.07, 6.45) is 0.478. The summed E-state index contributed by atoms with van der Waals surface area (Å²) in [7, 11) is -3.03. The van der Waals surface area contributed by atoms with Gasteiger partial charge in [0, 0.05) is 0 Å². The first-order chi connectivity index (χ1) is 8.22. The third-order valence-electron chi connectivity index (χ3n) is 3.00. The lowest BCUT2D eigenvalue weighted by atomic mass is 10.0. The minimum Gasteiger partial charge on any atom is -0.478 e. The van der Waals surface area contributed by atoms with Crippen molar-refractivity contribution < 1.29 is 18.3 Å². The van der Waals surface area contributed by atoms with Crippen LogP contribution in [0.2, 0.25) is 0 Å². The first kappa shape index (κ1) is 13.3. The molecular weight excluding hydrogens is 276 g/mol. The van der Waals surface area contributed by atoms with Crippen LogP contribution in [0.15, 0.2) is 0 Å². The average Bonchev–Trinajstić information content (AvgIpc) is 2.68. The number of anilines is 1. The summed E-state index contributed by atoms with van der Waals surface area (Å²) in [5, 5.41) is 12.6. The Balaban J connectivity index is 2.28. The smallest absolute Gasteiger partial charge is 0.340 e. The van der Waals surface area contributed by atoms with Crippen LogP contribution < -0.4 is 5.32 Å². The molecule has 1 saturated heterocycles. The fraction of sp³-hybridized carbons (Fsp3) is 0.600. The molecule has 1 fully saturated rings. The zero-order chi connectivity index (χ0) is 13.6. The molecule has 18 heavy (non-hydrogen) atoms. The van der Waals surface area contributed by atoms with Crippen molar-refractivity contribution in [3.05, 3.63) is 11.3 Å². The van der Waals surface area contributed by atoms with E-state index < -0.39 is 21.3 Å². The van der Waals surface area contributed by atoms with Crippen LogP contribution in [0.25, 0.3) is 0 Å². The molecule has 2 rings (SSSR count). The number of sulfone groups is 1. The molecule has 1 unspecified atom stereocenters. The van der Waals surface area contributed by atoms with Gasteiger partial charge in [0.05, 0.1) is 22.7 Å². The predicted molar refractivity (Wildman–Crippen MR) is 69.1 cm³/mol. The Morgan fingerprint density at radius 1 is 1.56 bits per heavy atom. The molecule has 0 spiro atoms. The lowest BCUT2D eigenvalue weighted by Crippen LogP contribution is -2.36. The van der Waals surface area contributed by atoms with Gasteiger partial charge in [0.25, 0.3) is 0 Å². The van der Waals surface area contributed by atoms with Crippen LogP contribution in [-0.2, 0) is 9.84 Å². The van der Waals surface area contributed by atoms with Gasteiger partial charge in [-0.05, 0) is 31.8 Å². The first-order valence-corrected chi connectivity index (χ1v) is 8.00. The summed E-state index contributed by atoms with van der Waals surface area (Å²) < 4.78 is 27.0. The molecule has 0 saturated carbocycles. The van der Waals surface area contributed by atoms with Crippen LogP contribution in [0.3, 0.4) is 0 Å². The maximum atomic E-state index is 11.5. The molecule has 0 bridgehead atoms. The van der Waals surface area contributed by atoms with Crippen molar-refractivity contribution in [2.24, 2.45) is 0 Å². The van der Waals surface area contributed by atoms with Gasteiger partial charge in [-0.3, -0.25) is 0 Å². The molecule has 1 aliphatic heterocycles. The highest BCUT2D eigenvalue weighted by atomic mass is 32.2. The molecule has 100 valence electrons. The molecule has 2 heterocycles. The summed E-state index contributed by atoms with van der Waals surface area (Å²) in [6.45, 7) is 3.41. The molecule has 6 nitrogen and oxygen atoms in total. The number of nitrogens with zero attached hydrogens (tertiary/aromatic N) is 1. The van der Waals surface area contributed by atoms with Crippen molar-refractivity contribution in [1.29, 1.82) is 0 Å². The molecule has 8 heteroatoms. The Labute approximate surface area is 109 Å². The van der Waals surface area contributed by atoms with Gasteiger partial charge in [0.1, 0.15) is 10.6 Å². The fourth-order valence-electron chi connectivity index (χ4n) is 2.09. The van der Waals surface area contributed by atoms with Crippen LogP contribution in [0.5, 0.6) is 0 Å². The van der Waals surface area contributed by atoms with E-state index in [-0.39, 0.29) is 17.1 Å². The maximum absolute atomic E-state index is 11.5. The Bertz CT molecular complexity index is 593. The monoisotopic (exact) mass is 290 g/mol. The van der Waals surface area contributed by atoms with E-state index >= 15 is 0 Å². The van der Waals surface area contributed by atoms with Crippen molar-refractivity contribution in [3.8, 4) is 0 Å². The second-order valence-electron chi connectivity index (χ2n) is 4.80. The van der Waals surface area contributed by atoms with Gasteiger partial charge < -0.3 is 10.4 Å². The number of aromatic carboxylic acids is 1. The van der Waals surface area contributed by atoms with Crippen LogP contribution in [0.4, 0.5) is 5.00 Å². The number of rotatable bonds is 3. The molecule has 1 aromatic heterocycles. The molecule has 1 aliphatic rings. The first-order valence-electron chi connectivity index (χ1n) is 5.41. The van der Waals surface area contributed by atoms with Gasteiger partial charge in [0.2, 0.25) is 0 Å². The quantitative estimate of drug-likeness (QED) is 0.866. The van der Waals surface area contributed by atoms with Gasteiger partial charge in [-0.25, -0.2) is 13.2 Å². The minimum atomic E-state index is -3.03. The SMILES string of the molecule is Cc1nsc(NC2(C)CCS(=O)(=O)C2)c1C(=O)O. The minimum absolute atomic E-state index is 0.0238. The topological polar surface area (TPSA) is 96.4 Å². The second-order valence-corrected chi connectivity index (χ2v) is 7.76. The summed E-state index contributed by atoms with van der Waals surface area (Å²) in [5.74, 6) is -0.889. The maximum Gasteiger partial charge on any atom is 0.340 e. The number of carbonyl (C=O) groups is 1. The molecule has 1 aromatic rings. The molecule has 0 aliphatic carbocycles. The summed E-state index contributed by atoms with van der Waals surface area (Å²) in [6, 6.07) is 0. The lowest BCUT2D eigenvalue weighted by Gasteiger charge is -2.24. The van der Waals surface area contributed by atoms with Crippen LogP contribution >= 0.6 is 11.5 Å². The van der Waals surface area contributed by atoms with E-state index in [1.807, 2.05) is 0 Å². The third kappa shape index (κ3) is 2.49. The average molecular weight is 290 g/mol. The van der Waals surface area contributed by atoms with Gasteiger partial charge >= 0.3 is 5.97 Å². The zero-order valence-corrected chi connectivity index (χ0v) is 11.7. The van der Waals surface area contributed by atoms with Crippen molar-refractivity contribution in [3.63, 3.8) is 0 Å². The highest BCUT2D eigenvalue weighted by Gasteiger charge is 2.39. The Hall–Kier alpha value is -1.15. The van der Waals surface area contributed by atoms with Crippen molar-refractivity contribution in [1.82, 2.24) is 4.37 Å². The van der Waals surface area contributed by atoms with Gasteiger partial charge in [-0.15, -0.1) is 0 Å². The van der Waals surface area contributed by atoms with Crippen molar-refractivity contribution in [2.45, 2.75) is 25.8 Å². The lowest BCUT2D eigenvalue weighted by molar-refractivity contribution is 0.0697. The van der Waals surface area contributed by atoms with Crippen LogP contribution in [0.1, 0.15) is 29.4 Å². The highest BCUT2D eigenvalue weighted by molar-refractivity contribution is 7.91. The number of hydrogen-bond acceptors (Lipinski definition) is 6. The summed E-state index contributed by atoms with van der Waals surface area (Å²) in [5.41, 5.74) is -0.0351. The summed E-state index contributed by atoms with van der Waals surface area (Å²) >= 11 is 1.05. The van der Waals surface area contributed by atoms with Crippen LogP contribution in [-0.4, -0.2) is 40.9 Å². The molecule has 2 N–H and O–H groups in total. The molecular formula is C10H14N2O4S2. The number of carboxylic acids is 1. The number of aryl methyl sites for hydroxylation is 1. The van der Waals surface area contributed by atoms with E-state index in [0.717, 1.165) is 11.5 Å². The number of aromatic nitrogens is 1. The number of hydrogen-bond donors (Lipinski definition) is 2. The third-order valence-corrected chi connectivity index (χ3v) is 5.75. The van der Waals surface area contributed by atoms with Gasteiger partial charge in [-0.1, -0.05) is 0 Å². The highest BCUT2D eigenvalue weighted by Crippen LogP contribution is 2.32. The van der Waals surface area contributed by atoms with Crippen LogP contribution in [0, 0.1) is 6.92 Å². The van der Waals surface area contributed by atoms with E-state index in [4.69, 9.17) is 5.11 Å². The van der Waals surface area contributed by atoms with E-state index in [1.165, 1.54) is 0 Å². The summed E-state index contributed by atoms with van der Waals surface area (Å²) in [4.78, 5) is 11.1. The molecule has 0 radical (unpaired) electrons. The van der Waals surface area contributed by atoms with Gasteiger partial charge in [-0.2, -0.15) is 4.37 Å². The Kier molecular flexibility index (Phi) is 3.10. The van der Waals surface area contributed by atoms with E-state index in [1.54, 1.807) is 13.8 Å². The Morgan fingerprint density at radius 2 is 2.22 bits per heavy atom. The normalized spacial score (nSPS) is 26.1. The van der Waals surface area contributed by atoms with E-state index in [2.05, 4.69) is 9.69 Å². The molecule has 1 atom stereocenters. The number of carboxylic acid groups (broad SMARTS) is 1.